The van der Waals surface area contributed by atoms with Gasteiger partial charge in [0.1, 0.15) is 0 Å². The molecule has 2 rings (SSSR count). The fourth-order valence-corrected chi connectivity index (χ4v) is 2.13. The molecule has 0 spiro atoms. The van der Waals surface area contributed by atoms with E-state index in [1.807, 2.05) is 12.3 Å². The highest BCUT2D eigenvalue weighted by atomic mass is 32.1. The quantitative estimate of drug-likeness (QED) is 0.876. The first-order valence-electron chi connectivity index (χ1n) is 5.37. The van der Waals surface area contributed by atoms with Crippen LogP contribution < -0.4 is 5.32 Å². The number of nitrogens with zero attached hydrogens (tertiary/aromatic N) is 1. The summed E-state index contributed by atoms with van der Waals surface area (Å²) in [7, 11) is 0. The Morgan fingerprint density at radius 1 is 1.25 bits per heavy atom. The molecule has 0 radical (unpaired) electrons. The molecule has 0 aliphatic rings. The van der Waals surface area contributed by atoms with Gasteiger partial charge in [-0.15, -0.1) is 0 Å². The highest BCUT2D eigenvalue weighted by Gasteiger charge is 2.18. The van der Waals surface area contributed by atoms with E-state index in [0.29, 0.717) is 0 Å². The van der Waals surface area contributed by atoms with E-state index < -0.39 is 0 Å². The van der Waals surface area contributed by atoms with Gasteiger partial charge in [0.05, 0.1) is 0 Å². The van der Waals surface area contributed by atoms with E-state index in [4.69, 9.17) is 0 Å². The minimum Gasteiger partial charge on any atom is -0.304 e. The van der Waals surface area contributed by atoms with Gasteiger partial charge in [-0.3, -0.25) is 0 Å². The summed E-state index contributed by atoms with van der Waals surface area (Å²) in [6.07, 6.45) is 1.92. The highest BCUT2D eigenvalue weighted by molar-refractivity contribution is 7.03. The maximum Gasteiger partial charge on any atom is 0.0451 e. The molecule has 2 nitrogen and oxygen atoms in total. The monoisotopic (exact) mass is 232 g/mol. The average Bonchev–Trinajstić information content (AvgIpc) is 2.81. The van der Waals surface area contributed by atoms with Crippen molar-refractivity contribution in [3.8, 4) is 0 Å². The molecule has 1 N–H and O–H groups in total. The van der Waals surface area contributed by atoms with Crippen molar-refractivity contribution in [3.05, 3.63) is 53.0 Å². The zero-order valence-corrected chi connectivity index (χ0v) is 10.4. The van der Waals surface area contributed by atoms with Crippen LogP contribution in [0.2, 0.25) is 0 Å². The smallest absolute Gasteiger partial charge is 0.0451 e. The molecule has 0 amide bonds. The van der Waals surface area contributed by atoms with Crippen molar-refractivity contribution in [1.29, 1.82) is 0 Å². The molecule has 0 fully saturated rings. The average molecular weight is 232 g/mol. The fraction of sp³-hybridized carbons (Fsp3) is 0.308. The molecule has 84 valence electrons. The Bertz CT molecular complexity index is 420. The maximum absolute atomic E-state index is 4.10. The summed E-state index contributed by atoms with van der Waals surface area (Å²) in [6.45, 7) is 5.25. The first-order chi connectivity index (χ1) is 7.68. The Hall–Kier alpha value is -1.19. The Balaban J connectivity index is 2.03. The molecule has 0 atom stereocenters. The summed E-state index contributed by atoms with van der Waals surface area (Å²) in [5.41, 5.74) is 2.54. The second-order valence-corrected chi connectivity index (χ2v) is 5.03. The van der Waals surface area contributed by atoms with E-state index in [1.54, 1.807) is 0 Å². The number of nitrogens with one attached hydrogen (secondary N) is 1. The van der Waals surface area contributed by atoms with Crippen molar-refractivity contribution in [3.63, 3.8) is 0 Å². The molecule has 0 unspecified atom stereocenters. The fourth-order valence-electron chi connectivity index (χ4n) is 1.59. The lowest BCUT2D eigenvalue weighted by molar-refractivity contribution is 0.401. The lowest BCUT2D eigenvalue weighted by atomic mass is 9.94. The highest BCUT2D eigenvalue weighted by Crippen LogP contribution is 2.20. The number of hydrogen-bond acceptors (Lipinski definition) is 3. The minimum atomic E-state index is -0.0107. The third kappa shape index (κ3) is 2.68. The zero-order chi connectivity index (χ0) is 11.4. The standard InChI is InChI=1S/C13H16N2S/c1-13(2,12-6-4-3-5-7-12)14-8-11-9-15-16-10-11/h3-7,9-10,14H,8H2,1-2H3. The number of hydrogen-bond donors (Lipinski definition) is 1. The van der Waals surface area contributed by atoms with Crippen LogP contribution in [-0.2, 0) is 12.1 Å². The van der Waals surface area contributed by atoms with Gasteiger partial charge in [-0.05, 0) is 36.5 Å². The Morgan fingerprint density at radius 2 is 2.00 bits per heavy atom. The number of rotatable bonds is 4. The predicted molar refractivity (Wildman–Crippen MR) is 68.4 cm³/mol. The van der Waals surface area contributed by atoms with Crippen molar-refractivity contribution in [2.24, 2.45) is 0 Å². The SMILES string of the molecule is CC(C)(NCc1cnsc1)c1ccccc1. The summed E-state index contributed by atoms with van der Waals surface area (Å²) in [6, 6.07) is 10.5. The Labute approximate surface area is 100 Å². The normalized spacial score (nSPS) is 11.6. The lowest BCUT2D eigenvalue weighted by Crippen LogP contribution is -2.35. The van der Waals surface area contributed by atoms with Gasteiger partial charge in [0, 0.05) is 23.7 Å². The summed E-state index contributed by atoms with van der Waals surface area (Å²) < 4.78 is 4.10. The third-order valence-corrected chi connectivity index (χ3v) is 3.35. The van der Waals surface area contributed by atoms with E-state index in [0.717, 1.165) is 6.54 Å². The van der Waals surface area contributed by atoms with E-state index in [-0.39, 0.29) is 5.54 Å². The van der Waals surface area contributed by atoms with E-state index >= 15 is 0 Å². The Kier molecular flexibility index (Phi) is 3.36. The van der Waals surface area contributed by atoms with Gasteiger partial charge >= 0.3 is 0 Å². The van der Waals surface area contributed by atoms with Crippen LogP contribution in [-0.4, -0.2) is 4.37 Å². The second kappa shape index (κ2) is 4.76. The van der Waals surface area contributed by atoms with Crippen LogP contribution in [0.25, 0.3) is 0 Å². The maximum atomic E-state index is 4.10. The lowest BCUT2D eigenvalue weighted by Gasteiger charge is -2.26. The molecule has 0 aliphatic heterocycles. The molecule has 1 aromatic carbocycles. The van der Waals surface area contributed by atoms with Crippen molar-refractivity contribution in [2.45, 2.75) is 25.9 Å². The van der Waals surface area contributed by atoms with E-state index in [9.17, 15) is 0 Å². The summed E-state index contributed by atoms with van der Waals surface area (Å²) in [5, 5.41) is 5.62. The summed E-state index contributed by atoms with van der Waals surface area (Å²) >= 11 is 1.50. The molecule has 0 bridgehead atoms. The first kappa shape index (κ1) is 11.3. The number of benzene rings is 1. The summed E-state index contributed by atoms with van der Waals surface area (Å²) in [4.78, 5) is 0. The van der Waals surface area contributed by atoms with Gasteiger partial charge in [-0.1, -0.05) is 30.3 Å². The molecular weight excluding hydrogens is 216 g/mol. The van der Waals surface area contributed by atoms with Gasteiger partial charge in [0.15, 0.2) is 0 Å². The van der Waals surface area contributed by atoms with Crippen molar-refractivity contribution in [2.75, 3.05) is 0 Å². The van der Waals surface area contributed by atoms with Crippen LogP contribution in [0, 0.1) is 0 Å². The molecule has 16 heavy (non-hydrogen) atoms. The van der Waals surface area contributed by atoms with Crippen LogP contribution in [0.3, 0.4) is 0 Å². The van der Waals surface area contributed by atoms with Crippen LogP contribution in [0.4, 0.5) is 0 Å². The van der Waals surface area contributed by atoms with Gasteiger partial charge < -0.3 is 5.32 Å². The van der Waals surface area contributed by atoms with Gasteiger partial charge in [-0.2, -0.15) is 0 Å². The molecule has 0 saturated carbocycles. The minimum absolute atomic E-state index is 0.0107. The van der Waals surface area contributed by atoms with Crippen LogP contribution in [0.1, 0.15) is 25.0 Å². The topological polar surface area (TPSA) is 24.9 Å². The molecule has 0 aliphatic carbocycles. The largest absolute Gasteiger partial charge is 0.304 e. The molecular formula is C13H16N2S. The summed E-state index contributed by atoms with van der Waals surface area (Å²) in [5.74, 6) is 0. The first-order valence-corrected chi connectivity index (χ1v) is 6.21. The molecule has 2 aromatic rings. The second-order valence-electron chi connectivity index (χ2n) is 4.38. The molecule has 1 aromatic heterocycles. The van der Waals surface area contributed by atoms with Crippen molar-refractivity contribution in [1.82, 2.24) is 9.69 Å². The Morgan fingerprint density at radius 3 is 2.62 bits per heavy atom. The predicted octanol–water partition coefficient (Wildman–Crippen LogP) is 3.17. The number of aromatic nitrogens is 1. The van der Waals surface area contributed by atoms with E-state index in [1.165, 1.54) is 22.7 Å². The molecule has 1 heterocycles. The van der Waals surface area contributed by atoms with Crippen LogP contribution >= 0.6 is 11.5 Å². The van der Waals surface area contributed by atoms with Crippen LogP contribution in [0.15, 0.2) is 41.9 Å². The van der Waals surface area contributed by atoms with Gasteiger partial charge in [-0.25, -0.2) is 4.37 Å². The molecule has 3 heteroatoms. The van der Waals surface area contributed by atoms with Crippen LogP contribution in [0.5, 0.6) is 0 Å². The van der Waals surface area contributed by atoms with Crippen molar-refractivity contribution >= 4 is 11.5 Å². The zero-order valence-electron chi connectivity index (χ0n) is 9.60. The van der Waals surface area contributed by atoms with Gasteiger partial charge in [0.25, 0.3) is 0 Å². The van der Waals surface area contributed by atoms with E-state index in [2.05, 4.69) is 53.2 Å². The van der Waals surface area contributed by atoms with Crippen molar-refractivity contribution < 1.29 is 0 Å². The van der Waals surface area contributed by atoms with Gasteiger partial charge in [0.2, 0.25) is 0 Å². The third-order valence-electron chi connectivity index (χ3n) is 2.71. The molecule has 0 saturated heterocycles.